The van der Waals surface area contributed by atoms with Gasteiger partial charge in [-0.2, -0.15) is 0 Å². The first-order valence-corrected chi connectivity index (χ1v) is 3.41. The van der Waals surface area contributed by atoms with Gasteiger partial charge in [0.2, 0.25) is 5.88 Å². The number of carbonyl (C=O) groups excluding carboxylic acids is 1. The highest BCUT2D eigenvalue weighted by molar-refractivity contribution is 5.94. The van der Waals surface area contributed by atoms with Crippen LogP contribution in [-0.4, -0.2) is 17.3 Å². The molecule has 7 heteroatoms. The molecule has 2 N–H and O–H groups in total. The molecule has 14 heavy (non-hydrogen) atoms. The zero-order valence-corrected chi connectivity index (χ0v) is 6.71. The molecular weight excluding hydrogens is 201 g/mol. The SMILES string of the molecule is NC(=O)c1cccnc1OC(F)(F)F. The van der Waals surface area contributed by atoms with Gasteiger partial charge in [0.15, 0.2) is 0 Å². The highest BCUT2D eigenvalue weighted by atomic mass is 19.4. The van der Waals surface area contributed by atoms with E-state index in [0.717, 1.165) is 12.3 Å². The number of ether oxygens (including phenoxy) is 1. The average molecular weight is 206 g/mol. The number of nitrogens with two attached hydrogens (primary N) is 1. The molecule has 0 spiro atoms. The summed E-state index contributed by atoms with van der Waals surface area (Å²) < 4.78 is 38.8. The second-order valence-corrected chi connectivity index (χ2v) is 2.27. The van der Waals surface area contributed by atoms with Gasteiger partial charge in [0.05, 0.1) is 0 Å². The lowest BCUT2D eigenvalue weighted by Gasteiger charge is -2.09. The molecule has 0 atom stereocenters. The summed E-state index contributed by atoms with van der Waals surface area (Å²) in [5.41, 5.74) is 4.39. The molecule has 0 bridgehead atoms. The number of alkyl halides is 3. The van der Waals surface area contributed by atoms with Crippen molar-refractivity contribution in [3.8, 4) is 5.88 Å². The summed E-state index contributed by atoms with van der Waals surface area (Å²) in [5, 5.41) is 0. The van der Waals surface area contributed by atoms with E-state index in [0.29, 0.717) is 0 Å². The number of pyridine rings is 1. The third kappa shape index (κ3) is 2.61. The van der Waals surface area contributed by atoms with Crippen molar-refractivity contribution in [3.63, 3.8) is 0 Å². The summed E-state index contributed by atoms with van der Waals surface area (Å²) in [7, 11) is 0. The van der Waals surface area contributed by atoms with Crippen LogP contribution in [0.1, 0.15) is 10.4 Å². The monoisotopic (exact) mass is 206 g/mol. The van der Waals surface area contributed by atoms with Gasteiger partial charge in [0.1, 0.15) is 5.56 Å². The Morgan fingerprint density at radius 3 is 2.64 bits per heavy atom. The molecule has 0 aliphatic carbocycles. The van der Waals surface area contributed by atoms with Gasteiger partial charge in [-0.05, 0) is 12.1 Å². The predicted molar refractivity (Wildman–Crippen MR) is 39.4 cm³/mol. The first kappa shape index (κ1) is 10.3. The Morgan fingerprint density at radius 2 is 2.14 bits per heavy atom. The minimum Gasteiger partial charge on any atom is -0.387 e. The number of rotatable bonds is 2. The molecule has 1 amide bonds. The van der Waals surface area contributed by atoms with E-state index in [4.69, 9.17) is 5.73 Å². The maximum absolute atomic E-state index is 11.8. The number of hydrogen-bond acceptors (Lipinski definition) is 3. The van der Waals surface area contributed by atoms with E-state index in [1.165, 1.54) is 6.07 Å². The lowest BCUT2D eigenvalue weighted by Crippen LogP contribution is -2.21. The molecule has 1 aromatic heterocycles. The number of amides is 1. The summed E-state index contributed by atoms with van der Waals surface area (Å²) in [6.07, 6.45) is -3.83. The van der Waals surface area contributed by atoms with Crippen molar-refractivity contribution in [1.29, 1.82) is 0 Å². The van der Waals surface area contributed by atoms with Gasteiger partial charge in [-0.1, -0.05) is 0 Å². The summed E-state index contributed by atoms with van der Waals surface area (Å²) in [4.78, 5) is 13.9. The summed E-state index contributed by atoms with van der Waals surface area (Å²) in [6.45, 7) is 0. The average Bonchev–Trinajstić information content (AvgIpc) is 2.01. The van der Waals surface area contributed by atoms with E-state index in [-0.39, 0.29) is 0 Å². The van der Waals surface area contributed by atoms with Gasteiger partial charge in [0.25, 0.3) is 5.91 Å². The Morgan fingerprint density at radius 1 is 1.50 bits per heavy atom. The van der Waals surface area contributed by atoms with Crippen molar-refractivity contribution >= 4 is 5.91 Å². The molecule has 1 heterocycles. The second kappa shape index (κ2) is 3.52. The number of primary amides is 1. The molecule has 76 valence electrons. The van der Waals surface area contributed by atoms with E-state index in [1.54, 1.807) is 0 Å². The quantitative estimate of drug-likeness (QED) is 0.787. The predicted octanol–water partition coefficient (Wildman–Crippen LogP) is 1.08. The molecule has 1 aromatic rings. The van der Waals surface area contributed by atoms with Crippen LogP contribution >= 0.6 is 0 Å². The smallest absolute Gasteiger partial charge is 0.387 e. The molecule has 0 aliphatic rings. The van der Waals surface area contributed by atoms with E-state index >= 15 is 0 Å². The van der Waals surface area contributed by atoms with E-state index in [2.05, 4.69) is 9.72 Å². The van der Waals surface area contributed by atoms with E-state index in [9.17, 15) is 18.0 Å². The van der Waals surface area contributed by atoms with Crippen LogP contribution in [0.15, 0.2) is 18.3 Å². The van der Waals surface area contributed by atoms with Crippen LogP contribution in [-0.2, 0) is 0 Å². The van der Waals surface area contributed by atoms with Crippen LogP contribution in [0.25, 0.3) is 0 Å². The van der Waals surface area contributed by atoms with Crippen molar-refractivity contribution in [2.75, 3.05) is 0 Å². The van der Waals surface area contributed by atoms with Crippen LogP contribution < -0.4 is 10.5 Å². The Kier molecular flexibility index (Phi) is 2.59. The Hall–Kier alpha value is -1.79. The number of hydrogen-bond donors (Lipinski definition) is 1. The lowest BCUT2D eigenvalue weighted by molar-refractivity contribution is -0.276. The Bertz CT molecular complexity index is 351. The molecule has 0 aliphatic heterocycles. The van der Waals surface area contributed by atoms with Crippen molar-refractivity contribution < 1.29 is 22.7 Å². The zero-order valence-electron chi connectivity index (χ0n) is 6.71. The molecular formula is C7H5F3N2O2. The largest absolute Gasteiger partial charge is 0.574 e. The van der Waals surface area contributed by atoms with Crippen LogP contribution in [0, 0.1) is 0 Å². The van der Waals surface area contributed by atoms with Gasteiger partial charge in [-0.25, -0.2) is 4.98 Å². The lowest BCUT2D eigenvalue weighted by atomic mass is 10.2. The maximum atomic E-state index is 11.8. The molecule has 0 saturated heterocycles. The minimum absolute atomic E-state index is 0.412. The standard InChI is InChI=1S/C7H5F3N2O2/c8-7(9,10)14-6-4(5(11)13)2-1-3-12-6/h1-3H,(H2,11,13). The normalized spacial score (nSPS) is 11.1. The highest BCUT2D eigenvalue weighted by Gasteiger charge is 2.33. The summed E-state index contributed by atoms with van der Waals surface area (Å²) >= 11 is 0. The van der Waals surface area contributed by atoms with Crippen molar-refractivity contribution in [2.24, 2.45) is 5.73 Å². The highest BCUT2D eigenvalue weighted by Crippen LogP contribution is 2.23. The molecule has 0 radical (unpaired) electrons. The van der Waals surface area contributed by atoms with Crippen LogP contribution in [0.5, 0.6) is 5.88 Å². The minimum atomic E-state index is -4.89. The number of carbonyl (C=O) groups is 1. The first-order chi connectivity index (χ1) is 6.40. The topological polar surface area (TPSA) is 65.2 Å². The molecule has 4 nitrogen and oxygen atoms in total. The van der Waals surface area contributed by atoms with Crippen LogP contribution in [0.2, 0.25) is 0 Å². The van der Waals surface area contributed by atoms with Crippen LogP contribution in [0.4, 0.5) is 13.2 Å². The molecule has 1 rings (SSSR count). The van der Waals surface area contributed by atoms with Gasteiger partial charge in [-0.15, -0.1) is 13.2 Å². The molecule has 0 unspecified atom stereocenters. The van der Waals surface area contributed by atoms with Crippen LogP contribution in [0.3, 0.4) is 0 Å². The van der Waals surface area contributed by atoms with Crippen molar-refractivity contribution in [1.82, 2.24) is 4.98 Å². The Labute approximate surface area is 76.5 Å². The summed E-state index contributed by atoms with van der Waals surface area (Å²) in [6, 6.07) is 2.37. The van der Waals surface area contributed by atoms with Gasteiger partial charge in [-0.3, -0.25) is 4.79 Å². The molecule has 0 saturated carbocycles. The summed E-state index contributed by atoms with van der Waals surface area (Å²) in [5.74, 6) is -1.87. The van der Waals surface area contributed by atoms with Crippen molar-refractivity contribution in [3.05, 3.63) is 23.9 Å². The number of nitrogens with zero attached hydrogens (tertiary/aromatic N) is 1. The van der Waals surface area contributed by atoms with E-state index < -0.39 is 23.7 Å². The van der Waals surface area contributed by atoms with Gasteiger partial charge < -0.3 is 10.5 Å². The molecule has 0 aromatic carbocycles. The number of aromatic nitrogens is 1. The molecule has 0 fully saturated rings. The third-order valence-electron chi connectivity index (χ3n) is 1.25. The van der Waals surface area contributed by atoms with Gasteiger partial charge in [0, 0.05) is 6.20 Å². The maximum Gasteiger partial charge on any atom is 0.574 e. The van der Waals surface area contributed by atoms with E-state index in [1.807, 2.05) is 0 Å². The third-order valence-corrected chi connectivity index (χ3v) is 1.25. The Balaban J connectivity index is 3.02. The number of halogens is 3. The zero-order chi connectivity index (χ0) is 10.8. The fourth-order valence-corrected chi connectivity index (χ4v) is 0.769. The van der Waals surface area contributed by atoms with Crippen molar-refractivity contribution in [2.45, 2.75) is 6.36 Å². The first-order valence-electron chi connectivity index (χ1n) is 3.41. The fourth-order valence-electron chi connectivity index (χ4n) is 0.769. The second-order valence-electron chi connectivity index (χ2n) is 2.27. The van der Waals surface area contributed by atoms with Gasteiger partial charge >= 0.3 is 6.36 Å². The fraction of sp³-hybridized carbons (Fsp3) is 0.143.